The lowest BCUT2D eigenvalue weighted by Gasteiger charge is -2.19. The number of nitrogens with one attached hydrogen (secondary N) is 1. The first-order valence-corrected chi connectivity index (χ1v) is 11.5. The highest BCUT2D eigenvalue weighted by Gasteiger charge is 2.28. The summed E-state index contributed by atoms with van der Waals surface area (Å²) in [6, 6.07) is 7.84. The Kier molecular flexibility index (Phi) is 6.63. The summed E-state index contributed by atoms with van der Waals surface area (Å²) in [5.41, 5.74) is 7.19. The van der Waals surface area contributed by atoms with Gasteiger partial charge in [0.05, 0.1) is 32.6 Å². The number of rotatable bonds is 7. The fourth-order valence-corrected chi connectivity index (χ4v) is 4.17. The summed E-state index contributed by atoms with van der Waals surface area (Å²) in [4.78, 5) is 17.1. The second-order valence-corrected chi connectivity index (χ2v) is 9.98. The summed E-state index contributed by atoms with van der Waals surface area (Å²) in [6.45, 7) is 6.08. The number of carbonyl (C=O) groups excluding carboxylic acids is 1. The molecular weight excluding hydrogens is 446 g/mol. The number of nitrogens with zero attached hydrogens (tertiary/aromatic N) is 3. The van der Waals surface area contributed by atoms with E-state index >= 15 is 0 Å². The molecule has 2 heterocycles. The summed E-state index contributed by atoms with van der Waals surface area (Å²) in [7, 11) is -1.51. The van der Waals surface area contributed by atoms with Gasteiger partial charge in [0.2, 0.25) is 5.03 Å². The number of pyridine rings is 1. The number of aromatic nitrogens is 3. The van der Waals surface area contributed by atoms with Crippen molar-refractivity contribution in [2.75, 3.05) is 20.0 Å². The largest absolute Gasteiger partial charge is 0.496 e. The highest BCUT2D eigenvalue weighted by atomic mass is 32.2. The van der Waals surface area contributed by atoms with Crippen LogP contribution in [0.5, 0.6) is 11.5 Å². The Balaban J connectivity index is 1.89. The van der Waals surface area contributed by atoms with E-state index < -0.39 is 21.3 Å². The van der Waals surface area contributed by atoms with Gasteiger partial charge in [-0.25, -0.2) is 9.71 Å². The number of ether oxygens (including phenoxy) is 2. The predicted octanol–water partition coefficient (Wildman–Crippen LogP) is 2.34. The third-order valence-corrected chi connectivity index (χ3v) is 6.09. The Morgan fingerprint density at radius 2 is 1.82 bits per heavy atom. The molecular formula is C22H27N5O5S. The normalized spacial score (nSPS) is 11.8. The average Bonchev–Trinajstić information content (AvgIpc) is 3.17. The van der Waals surface area contributed by atoms with Gasteiger partial charge in [-0.1, -0.05) is 26.8 Å². The van der Waals surface area contributed by atoms with Crippen LogP contribution in [0.2, 0.25) is 0 Å². The number of hydrogen-bond donors (Lipinski definition) is 2. The maximum Gasteiger partial charge on any atom is 0.285 e. The Morgan fingerprint density at radius 3 is 2.39 bits per heavy atom. The van der Waals surface area contributed by atoms with Crippen molar-refractivity contribution in [2.24, 2.45) is 0 Å². The fourth-order valence-electron chi connectivity index (χ4n) is 3.08. The van der Waals surface area contributed by atoms with Gasteiger partial charge in [0.25, 0.3) is 15.9 Å². The molecule has 10 nitrogen and oxygen atoms in total. The molecule has 3 N–H and O–H groups in total. The molecule has 0 aliphatic heterocycles. The van der Waals surface area contributed by atoms with Gasteiger partial charge < -0.3 is 15.2 Å². The maximum absolute atomic E-state index is 13.0. The summed E-state index contributed by atoms with van der Waals surface area (Å²) in [5, 5.41) is 3.77. The van der Waals surface area contributed by atoms with Crippen LogP contribution in [0.3, 0.4) is 0 Å². The second-order valence-electron chi connectivity index (χ2n) is 8.39. The van der Waals surface area contributed by atoms with Gasteiger partial charge in [0.15, 0.2) is 5.75 Å². The van der Waals surface area contributed by atoms with E-state index in [4.69, 9.17) is 15.2 Å². The molecule has 33 heavy (non-hydrogen) atoms. The van der Waals surface area contributed by atoms with E-state index in [2.05, 4.69) is 14.8 Å². The molecule has 0 aliphatic rings. The zero-order chi connectivity index (χ0) is 24.4. The van der Waals surface area contributed by atoms with Gasteiger partial charge in [-0.15, -0.1) is 0 Å². The second kappa shape index (κ2) is 9.10. The van der Waals surface area contributed by atoms with E-state index in [1.807, 2.05) is 20.8 Å². The molecule has 0 atom stereocenters. The fraction of sp³-hybridized carbons (Fsp3) is 0.318. The van der Waals surface area contributed by atoms with Crippen molar-refractivity contribution in [1.82, 2.24) is 19.5 Å². The first kappa shape index (κ1) is 24.1. The van der Waals surface area contributed by atoms with E-state index in [1.54, 1.807) is 23.0 Å². The van der Waals surface area contributed by atoms with Crippen molar-refractivity contribution < 1.29 is 22.7 Å². The minimum Gasteiger partial charge on any atom is -0.496 e. The van der Waals surface area contributed by atoms with Gasteiger partial charge in [0.1, 0.15) is 5.75 Å². The van der Waals surface area contributed by atoms with Crippen LogP contribution in [0, 0.1) is 0 Å². The smallest absolute Gasteiger partial charge is 0.285 e. The molecule has 0 aliphatic carbocycles. The average molecular weight is 474 g/mol. The maximum atomic E-state index is 13.0. The Labute approximate surface area is 192 Å². The van der Waals surface area contributed by atoms with Gasteiger partial charge in [0, 0.05) is 28.4 Å². The zero-order valence-corrected chi connectivity index (χ0v) is 19.9. The lowest BCUT2D eigenvalue weighted by Crippen LogP contribution is -2.32. The number of amides is 1. The molecule has 3 aromatic rings. The molecule has 3 rings (SSSR count). The number of sulfonamides is 1. The third-order valence-electron chi connectivity index (χ3n) is 4.83. The molecule has 11 heteroatoms. The van der Waals surface area contributed by atoms with E-state index in [1.165, 1.54) is 38.6 Å². The number of hydrogen-bond acceptors (Lipinski definition) is 8. The molecule has 0 unspecified atom stereocenters. The molecule has 1 amide bonds. The van der Waals surface area contributed by atoms with Crippen LogP contribution >= 0.6 is 0 Å². The first-order valence-electron chi connectivity index (χ1n) is 10.0. The Hall–Kier alpha value is -3.60. The van der Waals surface area contributed by atoms with Gasteiger partial charge in [-0.3, -0.25) is 9.48 Å². The molecule has 0 radical (unpaired) electrons. The minimum absolute atomic E-state index is 0.0368. The number of nitrogens with two attached hydrogens (primary N) is 1. The predicted molar refractivity (Wildman–Crippen MR) is 123 cm³/mol. The van der Waals surface area contributed by atoms with Gasteiger partial charge >= 0.3 is 0 Å². The van der Waals surface area contributed by atoms with E-state index in [-0.39, 0.29) is 16.3 Å². The van der Waals surface area contributed by atoms with Crippen molar-refractivity contribution >= 4 is 21.6 Å². The number of methoxy groups -OCH3 is 2. The highest BCUT2D eigenvalue weighted by molar-refractivity contribution is 7.90. The quantitative estimate of drug-likeness (QED) is 0.533. The van der Waals surface area contributed by atoms with Crippen LogP contribution in [-0.4, -0.2) is 43.3 Å². The number of benzene rings is 1. The minimum atomic E-state index is -4.31. The summed E-state index contributed by atoms with van der Waals surface area (Å²) < 4.78 is 40.3. The molecule has 0 bridgehead atoms. The summed E-state index contributed by atoms with van der Waals surface area (Å²) in [5.74, 6) is -0.387. The van der Waals surface area contributed by atoms with E-state index in [9.17, 15) is 13.2 Å². The van der Waals surface area contributed by atoms with E-state index in [0.29, 0.717) is 23.7 Å². The summed E-state index contributed by atoms with van der Waals surface area (Å²) in [6.07, 6.45) is 3.19. The molecule has 0 saturated heterocycles. The van der Waals surface area contributed by atoms with Gasteiger partial charge in [-0.2, -0.15) is 13.5 Å². The van der Waals surface area contributed by atoms with Crippen molar-refractivity contribution in [3.8, 4) is 11.5 Å². The Bertz CT molecular complexity index is 1280. The number of anilines is 1. The standard InChI is InChI=1S/C22H27N5O5S/c1-22(2,3)19-9-8-17(31-4)21(25-19)33(29,30)26-20(28)14-6-7-15(18(10-14)32-5)12-27-13-16(23)11-24-27/h6-11,13H,12,23H2,1-5H3,(H,26,28). The van der Waals surface area contributed by atoms with Crippen LogP contribution < -0.4 is 19.9 Å². The first-order chi connectivity index (χ1) is 15.4. The van der Waals surface area contributed by atoms with E-state index in [0.717, 1.165) is 5.56 Å². The highest BCUT2D eigenvalue weighted by Crippen LogP contribution is 2.28. The lowest BCUT2D eigenvalue weighted by atomic mass is 9.92. The Morgan fingerprint density at radius 1 is 1.12 bits per heavy atom. The number of nitrogen functional groups attached to an aromatic ring is 1. The molecule has 0 spiro atoms. The van der Waals surface area contributed by atoms with Crippen LogP contribution in [0.1, 0.15) is 42.4 Å². The van der Waals surface area contributed by atoms with Gasteiger partial charge in [-0.05, 0) is 24.3 Å². The van der Waals surface area contributed by atoms with Crippen LogP contribution in [0.15, 0.2) is 47.8 Å². The monoisotopic (exact) mass is 473 g/mol. The zero-order valence-electron chi connectivity index (χ0n) is 19.1. The topological polar surface area (TPSA) is 138 Å². The summed E-state index contributed by atoms with van der Waals surface area (Å²) >= 11 is 0. The van der Waals surface area contributed by atoms with Crippen LogP contribution in [0.25, 0.3) is 0 Å². The molecule has 2 aromatic heterocycles. The van der Waals surface area contributed by atoms with Crippen molar-refractivity contribution in [3.05, 3.63) is 59.5 Å². The third kappa shape index (κ3) is 5.43. The molecule has 0 fully saturated rings. The van der Waals surface area contributed by atoms with Crippen molar-refractivity contribution in [1.29, 1.82) is 0 Å². The van der Waals surface area contributed by atoms with Crippen molar-refractivity contribution in [3.63, 3.8) is 0 Å². The molecule has 1 aromatic carbocycles. The van der Waals surface area contributed by atoms with Crippen molar-refractivity contribution in [2.45, 2.75) is 37.8 Å². The van der Waals surface area contributed by atoms with Crippen LogP contribution in [-0.2, 0) is 22.0 Å². The SMILES string of the molecule is COc1cc(C(=O)NS(=O)(=O)c2nc(C(C)(C)C)ccc2OC)ccc1Cn1cc(N)cn1. The van der Waals surface area contributed by atoms with Crippen LogP contribution in [0.4, 0.5) is 5.69 Å². The molecule has 0 saturated carbocycles. The molecule has 176 valence electrons. The lowest BCUT2D eigenvalue weighted by molar-refractivity contribution is 0.0981. The number of carbonyl (C=O) groups is 1.